The molecule has 2 aromatic rings. The van der Waals surface area contributed by atoms with Crippen LogP contribution in [0, 0.1) is 5.92 Å². The minimum absolute atomic E-state index is 0.00675. The molecule has 2 rings (SSSR count). The van der Waals surface area contributed by atoms with Crippen molar-refractivity contribution in [2.24, 2.45) is 5.92 Å². The molecule has 0 radical (unpaired) electrons. The van der Waals surface area contributed by atoms with Gasteiger partial charge < -0.3 is 9.73 Å². The normalized spacial score (nSPS) is 16.1. The van der Waals surface area contributed by atoms with E-state index in [-0.39, 0.29) is 6.04 Å². The molecule has 0 spiro atoms. The van der Waals surface area contributed by atoms with E-state index in [0.717, 1.165) is 28.9 Å². The van der Waals surface area contributed by atoms with Gasteiger partial charge in [0.1, 0.15) is 11.3 Å². The van der Waals surface area contributed by atoms with Crippen molar-refractivity contribution < 1.29 is 8.63 Å². The molecule has 0 aliphatic rings. The van der Waals surface area contributed by atoms with Crippen molar-refractivity contribution in [3.05, 3.63) is 36.1 Å². The summed E-state index contributed by atoms with van der Waals surface area (Å²) < 4.78 is 18.1. The highest BCUT2D eigenvalue weighted by molar-refractivity contribution is 7.85. The Balaban J connectivity index is 2.09. The predicted molar refractivity (Wildman–Crippen MR) is 85.3 cm³/mol. The van der Waals surface area contributed by atoms with E-state index in [1.807, 2.05) is 37.4 Å². The first-order chi connectivity index (χ1) is 9.63. The lowest BCUT2D eigenvalue weighted by molar-refractivity contribution is 0.475. The molecule has 3 atom stereocenters. The number of hydrogen-bond donors (Lipinski definition) is 1. The van der Waals surface area contributed by atoms with Gasteiger partial charge in [0.15, 0.2) is 0 Å². The molecule has 0 saturated carbocycles. The molecule has 1 aromatic carbocycles. The third kappa shape index (κ3) is 3.70. The van der Waals surface area contributed by atoms with Crippen molar-refractivity contribution in [2.75, 3.05) is 18.6 Å². The van der Waals surface area contributed by atoms with Gasteiger partial charge in [0.25, 0.3) is 0 Å². The Kier molecular flexibility index (Phi) is 5.38. The average Bonchev–Trinajstić information content (AvgIpc) is 2.88. The number of rotatable bonds is 7. The molecule has 0 bridgehead atoms. The second-order valence-corrected chi connectivity index (χ2v) is 6.86. The van der Waals surface area contributed by atoms with E-state index < -0.39 is 10.8 Å². The highest BCUT2D eigenvalue weighted by atomic mass is 32.2. The summed E-state index contributed by atoms with van der Waals surface area (Å²) in [4.78, 5) is 0. The van der Waals surface area contributed by atoms with Crippen LogP contribution in [0.25, 0.3) is 11.0 Å². The molecule has 20 heavy (non-hydrogen) atoms. The molecule has 110 valence electrons. The molecule has 4 heteroatoms. The molecular weight excluding hydrogens is 270 g/mol. The van der Waals surface area contributed by atoms with Gasteiger partial charge in [0, 0.05) is 27.7 Å². The van der Waals surface area contributed by atoms with Gasteiger partial charge in [-0.15, -0.1) is 0 Å². The van der Waals surface area contributed by atoms with Gasteiger partial charge in [-0.3, -0.25) is 4.21 Å². The lowest BCUT2D eigenvalue weighted by atomic mass is 10.2. The van der Waals surface area contributed by atoms with Gasteiger partial charge in [0.05, 0.1) is 6.04 Å². The number of para-hydroxylation sites is 1. The minimum atomic E-state index is -0.825. The maximum absolute atomic E-state index is 12.2. The molecule has 1 N–H and O–H groups in total. The Morgan fingerprint density at radius 3 is 2.70 bits per heavy atom. The number of benzene rings is 1. The SMILES string of the molecule is CCC(C)CS(=O)CC(NC)c1cc2ccccc2o1. The Morgan fingerprint density at radius 2 is 2.05 bits per heavy atom. The lowest BCUT2D eigenvalue weighted by Crippen LogP contribution is -2.24. The first kappa shape index (κ1) is 15.3. The van der Waals surface area contributed by atoms with Crippen LogP contribution in [0.15, 0.2) is 34.7 Å². The van der Waals surface area contributed by atoms with E-state index in [1.165, 1.54) is 0 Å². The van der Waals surface area contributed by atoms with E-state index in [9.17, 15) is 4.21 Å². The molecule has 0 saturated heterocycles. The molecule has 3 unspecified atom stereocenters. The summed E-state index contributed by atoms with van der Waals surface area (Å²) in [6.07, 6.45) is 1.07. The summed E-state index contributed by atoms with van der Waals surface area (Å²) in [5.41, 5.74) is 0.885. The molecular formula is C16H23NO2S. The second-order valence-electron chi connectivity index (χ2n) is 5.31. The lowest BCUT2D eigenvalue weighted by Gasteiger charge is -2.14. The van der Waals surface area contributed by atoms with E-state index >= 15 is 0 Å². The highest BCUT2D eigenvalue weighted by Crippen LogP contribution is 2.24. The van der Waals surface area contributed by atoms with Gasteiger partial charge >= 0.3 is 0 Å². The van der Waals surface area contributed by atoms with Crippen LogP contribution in [0.2, 0.25) is 0 Å². The fourth-order valence-electron chi connectivity index (χ4n) is 2.17. The fraction of sp³-hybridized carbons (Fsp3) is 0.500. The quantitative estimate of drug-likeness (QED) is 0.849. The Hall–Kier alpha value is -1.13. The van der Waals surface area contributed by atoms with Crippen molar-refractivity contribution in [2.45, 2.75) is 26.3 Å². The topological polar surface area (TPSA) is 42.2 Å². The van der Waals surface area contributed by atoms with Crippen molar-refractivity contribution in [3.8, 4) is 0 Å². The number of furan rings is 1. The van der Waals surface area contributed by atoms with Crippen LogP contribution in [0.4, 0.5) is 0 Å². The third-order valence-electron chi connectivity index (χ3n) is 3.66. The Bertz CT molecular complexity index is 546. The summed E-state index contributed by atoms with van der Waals surface area (Å²) in [6.45, 7) is 4.28. The summed E-state index contributed by atoms with van der Waals surface area (Å²) >= 11 is 0. The van der Waals surface area contributed by atoms with Crippen LogP contribution in [-0.2, 0) is 10.8 Å². The number of nitrogens with one attached hydrogen (secondary N) is 1. The predicted octanol–water partition coefficient (Wildman–Crippen LogP) is 3.49. The maximum atomic E-state index is 12.2. The van der Waals surface area contributed by atoms with Crippen LogP contribution in [0.1, 0.15) is 32.1 Å². The zero-order valence-corrected chi connectivity index (χ0v) is 13.2. The van der Waals surface area contributed by atoms with Gasteiger partial charge in [-0.05, 0) is 25.1 Å². The van der Waals surface area contributed by atoms with Crippen LogP contribution in [0.3, 0.4) is 0 Å². The van der Waals surface area contributed by atoms with E-state index in [4.69, 9.17) is 4.42 Å². The molecule has 3 nitrogen and oxygen atoms in total. The van der Waals surface area contributed by atoms with E-state index in [0.29, 0.717) is 11.7 Å². The number of fused-ring (bicyclic) bond motifs is 1. The summed E-state index contributed by atoms with van der Waals surface area (Å²) in [5.74, 6) is 2.73. The van der Waals surface area contributed by atoms with Gasteiger partial charge in [-0.25, -0.2) is 0 Å². The smallest absolute Gasteiger partial charge is 0.134 e. The third-order valence-corrected chi connectivity index (χ3v) is 5.30. The van der Waals surface area contributed by atoms with Crippen LogP contribution in [0.5, 0.6) is 0 Å². The number of hydrogen-bond acceptors (Lipinski definition) is 3. The van der Waals surface area contributed by atoms with Gasteiger partial charge in [-0.2, -0.15) is 0 Å². The van der Waals surface area contributed by atoms with Crippen molar-refractivity contribution in [1.29, 1.82) is 0 Å². The highest BCUT2D eigenvalue weighted by Gasteiger charge is 2.18. The minimum Gasteiger partial charge on any atom is -0.459 e. The molecule has 1 heterocycles. The Labute approximate surface area is 123 Å². The molecule has 0 amide bonds. The van der Waals surface area contributed by atoms with Crippen LogP contribution < -0.4 is 5.32 Å². The van der Waals surface area contributed by atoms with Crippen LogP contribution in [-0.4, -0.2) is 22.8 Å². The maximum Gasteiger partial charge on any atom is 0.134 e. The first-order valence-electron chi connectivity index (χ1n) is 7.14. The van der Waals surface area contributed by atoms with Gasteiger partial charge in [0.2, 0.25) is 0 Å². The largest absolute Gasteiger partial charge is 0.459 e. The molecule has 1 aromatic heterocycles. The Morgan fingerprint density at radius 1 is 1.30 bits per heavy atom. The van der Waals surface area contributed by atoms with Gasteiger partial charge in [-0.1, -0.05) is 38.5 Å². The standard InChI is InChI=1S/C16H23NO2S/c1-4-12(2)10-20(18)11-14(17-3)16-9-13-7-5-6-8-15(13)19-16/h5-9,12,14,17H,4,10-11H2,1-3H3. The zero-order valence-electron chi connectivity index (χ0n) is 12.4. The van der Waals surface area contributed by atoms with Crippen LogP contribution >= 0.6 is 0 Å². The van der Waals surface area contributed by atoms with Crippen molar-refractivity contribution >= 4 is 21.8 Å². The van der Waals surface area contributed by atoms with Crippen molar-refractivity contribution in [3.63, 3.8) is 0 Å². The molecule has 0 fully saturated rings. The molecule has 0 aliphatic heterocycles. The second kappa shape index (κ2) is 7.04. The summed E-state index contributed by atoms with van der Waals surface area (Å²) in [6, 6.07) is 10.00. The fourth-order valence-corrected chi connectivity index (χ4v) is 3.88. The zero-order chi connectivity index (χ0) is 14.5. The molecule has 0 aliphatic carbocycles. The van der Waals surface area contributed by atoms with E-state index in [2.05, 4.69) is 19.2 Å². The van der Waals surface area contributed by atoms with E-state index in [1.54, 1.807) is 0 Å². The summed E-state index contributed by atoms with van der Waals surface area (Å²) in [5, 5.41) is 4.31. The average molecular weight is 293 g/mol. The van der Waals surface area contributed by atoms with Crippen molar-refractivity contribution in [1.82, 2.24) is 5.32 Å². The first-order valence-corrected chi connectivity index (χ1v) is 8.63. The summed E-state index contributed by atoms with van der Waals surface area (Å²) in [7, 11) is 1.06. The monoisotopic (exact) mass is 293 g/mol.